The lowest BCUT2D eigenvalue weighted by Crippen LogP contribution is -2.21. The second-order valence-electron chi connectivity index (χ2n) is 5.55. The molecule has 102 valence electrons. The van der Waals surface area contributed by atoms with Gasteiger partial charge in [0.15, 0.2) is 0 Å². The Hall–Kier alpha value is -1.81. The molecule has 1 aromatic carbocycles. The van der Waals surface area contributed by atoms with E-state index in [4.69, 9.17) is 9.84 Å². The van der Waals surface area contributed by atoms with Gasteiger partial charge in [0.25, 0.3) is 0 Å². The Morgan fingerprint density at radius 3 is 2.68 bits per heavy atom. The van der Waals surface area contributed by atoms with Crippen LogP contribution in [-0.4, -0.2) is 27.9 Å². The van der Waals surface area contributed by atoms with Gasteiger partial charge in [0.1, 0.15) is 0 Å². The fourth-order valence-corrected chi connectivity index (χ4v) is 1.96. The van der Waals surface area contributed by atoms with Crippen LogP contribution in [0.4, 0.5) is 0 Å². The van der Waals surface area contributed by atoms with Crippen molar-refractivity contribution in [3.8, 4) is 0 Å². The first-order chi connectivity index (χ1) is 8.87. The zero-order valence-corrected chi connectivity index (χ0v) is 11.5. The van der Waals surface area contributed by atoms with Crippen LogP contribution in [-0.2, 0) is 11.3 Å². The van der Waals surface area contributed by atoms with Gasteiger partial charge >= 0.3 is 5.97 Å². The van der Waals surface area contributed by atoms with Crippen LogP contribution in [0.3, 0.4) is 0 Å². The van der Waals surface area contributed by atoms with E-state index >= 15 is 0 Å². The van der Waals surface area contributed by atoms with Crippen LogP contribution in [0, 0.1) is 0 Å². The van der Waals surface area contributed by atoms with Crippen LogP contribution >= 0.6 is 0 Å². The van der Waals surface area contributed by atoms with E-state index in [1.54, 1.807) is 12.1 Å². The number of hydrogen-bond acceptors (Lipinski definition) is 2. The summed E-state index contributed by atoms with van der Waals surface area (Å²) in [5.74, 6) is -0.902. The highest BCUT2D eigenvalue weighted by Crippen LogP contribution is 2.18. The topological polar surface area (TPSA) is 51.5 Å². The Balaban J connectivity index is 2.19. The Bertz CT molecular complexity index is 593. The lowest BCUT2D eigenvalue weighted by molar-refractivity contribution is -0.00644. The molecule has 2 aromatic rings. The lowest BCUT2D eigenvalue weighted by Gasteiger charge is -2.19. The number of hydrogen-bond donors (Lipinski definition) is 1. The number of carboxylic acids is 1. The van der Waals surface area contributed by atoms with Gasteiger partial charge in [-0.2, -0.15) is 0 Å². The van der Waals surface area contributed by atoms with Gasteiger partial charge in [-0.1, -0.05) is 6.07 Å². The van der Waals surface area contributed by atoms with E-state index in [2.05, 4.69) is 0 Å². The van der Waals surface area contributed by atoms with E-state index in [1.807, 2.05) is 43.7 Å². The zero-order valence-electron chi connectivity index (χ0n) is 11.5. The molecule has 1 heterocycles. The molecule has 4 nitrogen and oxygen atoms in total. The van der Waals surface area contributed by atoms with Gasteiger partial charge in [-0.25, -0.2) is 4.79 Å². The summed E-state index contributed by atoms with van der Waals surface area (Å²) < 4.78 is 7.71. The van der Waals surface area contributed by atoms with E-state index in [-0.39, 0.29) is 5.60 Å². The van der Waals surface area contributed by atoms with Crippen molar-refractivity contribution < 1.29 is 14.6 Å². The molecule has 19 heavy (non-hydrogen) atoms. The predicted molar refractivity (Wildman–Crippen MR) is 74.6 cm³/mol. The summed E-state index contributed by atoms with van der Waals surface area (Å²) in [7, 11) is 0. The van der Waals surface area contributed by atoms with Crippen LogP contribution in [0.25, 0.3) is 10.9 Å². The van der Waals surface area contributed by atoms with E-state index in [0.717, 1.165) is 10.9 Å². The molecule has 1 N–H and O–H groups in total. The fourth-order valence-electron chi connectivity index (χ4n) is 1.96. The minimum atomic E-state index is -0.902. The van der Waals surface area contributed by atoms with Crippen molar-refractivity contribution in [3.05, 3.63) is 36.0 Å². The van der Waals surface area contributed by atoms with Crippen LogP contribution in [0.2, 0.25) is 0 Å². The number of benzene rings is 1. The van der Waals surface area contributed by atoms with Gasteiger partial charge < -0.3 is 14.4 Å². The Kier molecular flexibility index (Phi) is 3.62. The number of ether oxygens (including phenoxy) is 1. The number of aromatic nitrogens is 1. The van der Waals surface area contributed by atoms with E-state index < -0.39 is 5.97 Å². The lowest BCUT2D eigenvalue weighted by atomic mass is 10.1. The van der Waals surface area contributed by atoms with Crippen molar-refractivity contribution in [3.63, 3.8) is 0 Å². The van der Waals surface area contributed by atoms with Gasteiger partial charge in [0.2, 0.25) is 0 Å². The average molecular weight is 261 g/mol. The molecular formula is C15H19NO3. The summed E-state index contributed by atoms with van der Waals surface area (Å²) in [6.45, 7) is 7.37. The third kappa shape index (κ3) is 3.35. The SMILES string of the molecule is CC(C)(C)OCCn1ccc2ccc(C(=O)O)cc21. The number of fused-ring (bicyclic) bond motifs is 1. The molecule has 0 aliphatic heterocycles. The first-order valence-corrected chi connectivity index (χ1v) is 6.33. The number of carbonyl (C=O) groups is 1. The largest absolute Gasteiger partial charge is 0.478 e. The molecule has 0 bridgehead atoms. The molecule has 2 rings (SSSR count). The summed E-state index contributed by atoms with van der Waals surface area (Å²) in [5.41, 5.74) is 1.08. The third-order valence-electron chi connectivity index (χ3n) is 2.89. The zero-order chi connectivity index (χ0) is 14.0. The van der Waals surface area contributed by atoms with E-state index in [1.165, 1.54) is 0 Å². The monoisotopic (exact) mass is 261 g/mol. The summed E-state index contributed by atoms with van der Waals surface area (Å²) in [6.07, 6.45) is 1.96. The number of nitrogens with zero attached hydrogens (tertiary/aromatic N) is 1. The van der Waals surface area contributed by atoms with Crippen molar-refractivity contribution in [2.75, 3.05) is 6.61 Å². The van der Waals surface area contributed by atoms with Crippen molar-refractivity contribution >= 4 is 16.9 Å². The molecule has 0 saturated carbocycles. The van der Waals surface area contributed by atoms with Gasteiger partial charge in [0.05, 0.1) is 17.8 Å². The van der Waals surface area contributed by atoms with Crippen LogP contribution in [0.1, 0.15) is 31.1 Å². The highest BCUT2D eigenvalue weighted by molar-refractivity contribution is 5.93. The normalized spacial score (nSPS) is 11.9. The number of carboxylic acid groups (broad SMARTS) is 1. The number of rotatable bonds is 4. The van der Waals surface area contributed by atoms with Gasteiger partial charge in [-0.05, 0) is 44.4 Å². The van der Waals surface area contributed by atoms with Gasteiger partial charge in [0, 0.05) is 18.3 Å². The van der Waals surface area contributed by atoms with Crippen LogP contribution in [0.15, 0.2) is 30.5 Å². The maximum absolute atomic E-state index is 11.0. The standard InChI is InChI=1S/C15H19NO3/c1-15(2,3)19-9-8-16-7-6-11-4-5-12(14(17)18)10-13(11)16/h4-7,10H,8-9H2,1-3H3,(H,17,18). The molecule has 0 radical (unpaired) electrons. The molecular weight excluding hydrogens is 242 g/mol. The Morgan fingerprint density at radius 2 is 2.05 bits per heavy atom. The van der Waals surface area contributed by atoms with Crippen molar-refractivity contribution in [2.45, 2.75) is 32.9 Å². The van der Waals surface area contributed by atoms with Crippen LogP contribution in [0.5, 0.6) is 0 Å². The van der Waals surface area contributed by atoms with Crippen molar-refractivity contribution in [1.29, 1.82) is 0 Å². The molecule has 0 spiro atoms. The Labute approximate surface area is 112 Å². The highest BCUT2D eigenvalue weighted by Gasteiger charge is 2.10. The van der Waals surface area contributed by atoms with Gasteiger partial charge in [-0.3, -0.25) is 0 Å². The highest BCUT2D eigenvalue weighted by atomic mass is 16.5. The molecule has 0 saturated heterocycles. The van der Waals surface area contributed by atoms with Crippen molar-refractivity contribution in [2.24, 2.45) is 0 Å². The molecule has 0 unspecified atom stereocenters. The molecule has 0 aliphatic rings. The van der Waals surface area contributed by atoms with E-state index in [9.17, 15) is 4.79 Å². The third-order valence-corrected chi connectivity index (χ3v) is 2.89. The van der Waals surface area contributed by atoms with E-state index in [0.29, 0.717) is 18.7 Å². The first-order valence-electron chi connectivity index (χ1n) is 6.33. The molecule has 4 heteroatoms. The van der Waals surface area contributed by atoms with Gasteiger partial charge in [-0.15, -0.1) is 0 Å². The maximum Gasteiger partial charge on any atom is 0.335 e. The molecule has 0 fully saturated rings. The molecule has 1 aromatic heterocycles. The van der Waals surface area contributed by atoms with Crippen LogP contribution < -0.4 is 0 Å². The second kappa shape index (κ2) is 5.05. The Morgan fingerprint density at radius 1 is 1.32 bits per heavy atom. The summed E-state index contributed by atoms with van der Waals surface area (Å²) in [5, 5.41) is 10.1. The average Bonchev–Trinajstić information content (AvgIpc) is 2.70. The summed E-state index contributed by atoms with van der Waals surface area (Å²) >= 11 is 0. The fraction of sp³-hybridized carbons (Fsp3) is 0.400. The smallest absolute Gasteiger partial charge is 0.335 e. The molecule has 0 amide bonds. The molecule has 0 aliphatic carbocycles. The number of aromatic carboxylic acids is 1. The minimum Gasteiger partial charge on any atom is -0.478 e. The first kappa shape index (κ1) is 13.6. The summed E-state index contributed by atoms with van der Waals surface area (Å²) in [6, 6.07) is 7.15. The molecule has 0 atom stereocenters. The van der Waals surface area contributed by atoms with Crippen molar-refractivity contribution in [1.82, 2.24) is 4.57 Å². The summed E-state index contributed by atoms with van der Waals surface area (Å²) in [4.78, 5) is 11.0. The predicted octanol–water partition coefficient (Wildman–Crippen LogP) is 3.15. The minimum absolute atomic E-state index is 0.158. The maximum atomic E-state index is 11.0. The quantitative estimate of drug-likeness (QED) is 0.919. The second-order valence-corrected chi connectivity index (χ2v) is 5.55.